The van der Waals surface area contributed by atoms with Crippen LogP contribution in [0, 0.1) is 19.8 Å². The molecule has 1 saturated heterocycles. The number of rotatable bonds is 5. The van der Waals surface area contributed by atoms with Gasteiger partial charge in [0.2, 0.25) is 17.6 Å². The Balaban J connectivity index is 1.30. The fourth-order valence-corrected chi connectivity index (χ4v) is 4.22. The van der Waals surface area contributed by atoms with Crippen LogP contribution in [-0.4, -0.2) is 34.0 Å². The Bertz CT molecular complexity index is 1100. The van der Waals surface area contributed by atoms with E-state index in [0.717, 1.165) is 42.7 Å². The second-order valence-corrected chi connectivity index (χ2v) is 10.1. The summed E-state index contributed by atoms with van der Waals surface area (Å²) in [5.41, 5.74) is 5.58. The molecule has 1 fully saturated rings. The highest BCUT2D eigenvalue weighted by molar-refractivity contribution is 5.93. The molecule has 1 aromatic heterocycles. The Morgan fingerprint density at radius 2 is 1.79 bits per heavy atom. The lowest BCUT2D eigenvalue weighted by atomic mass is 9.87. The van der Waals surface area contributed by atoms with Gasteiger partial charge in [-0.1, -0.05) is 62.3 Å². The van der Waals surface area contributed by atoms with Crippen molar-refractivity contribution in [1.82, 2.24) is 15.0 Å². The third kappa shape index (κ3) is 5.50. The van der Waals surface area contributed by atoms with E-state index in [1.807, 2.05) is 19.1 Å². The molecule has 1 amide bonds. The lowest BCUT2D eigenvalue weighted by molar-refractivity contribution is -0.121. The van der Waals surface area contributed by atoms with E-state index in [1.54, 1.807) is 0 Å². The Kier molecular flexibility index (Phi) is 6.66. The molecule has 6 heteroatoms. The molecule has 0 saturated carbocycles. The minimum Gasteiger partial charge on any atom is -0.338 e. The standard InChI is InChI=1S/C27H34N4O2/c1-18-7-6-8-23(19(18)2)28-26(32)21-13-15-31(16-14-21)17-24-29-25(30-33-24)20-9-11-22(12-10-20)27(3,4)5/h6-12,21H,13-17H2,1-5H3,(H,28,32). The molecule has 0 aliphatic carbocycles. The van der Waals surface area contributed by atoms with Crippen LogP contribution in [0.2, 0.25) is 0 Å². The summed E-state index contributed by atoms with van der Waals surface area (Å²) in [5, 5.41) is 7.29. The zero-order chi connectivity index (χ0) is 23.6. The SMILES string of the molecule is Cc1cccc(NC(=O)C2CCN(Cc3nc(-c4ccc(C(C)(C)C)cc4)no3)CC2)c1C. The molecule has 0 bridgehead atoms. The Morgan fingerprint density at radius 3 is 2.45 bits per heavy atom. The first-order valence-electron chi connectivity index (χ1n) is 11.7. The number of hydrogen-bond acceptors (Lipinski definition) is 5. The van der Waals surface area contributed by atoms with E-state index in [4.69, 9.17) is 4.52 Å². The van der Waals surface area contributed by atoms with Crippen LogP contribution in [0.4, 0.5) is 5.69 Å². The van der Waals surface area contributed by atoms with Gasteiger partial charge in [0.15, 0.2) is 0 Å². The number of amides is 1. The van der Waals surface area contributed by atoms with Gasteiger partial charge >= 0.3 is 0 Å². The Hall–Kier alpha value is -2.99. The van der Waals surface area contributed by atoms with Gasteiger partial charge in [0.05, 0.1) is 6.54 Å². The van der Waals surface area contributed by atoms with Crippen LogP contribution in [0.15, 0.2) is 47.0 Å². The number of anilines is 1. The maximum Gasteiger partial charge on any atom is 0.241 e. The van der Waals surface area contributed by atoms with E-state index in [9.17, 15) is 4.79 Å². The van der Waals surface area contributed by atoms with E-state index >= 15 is 0 Å². The van der Waals surface area contributed by atoms with Crippen molar-refractivity contribution in [3.63, 3.8) is 0 Å². The number of piperidine rings is 1. The second kappa shape index (κ2) is 9.48. The van der Waals surface area contributed by atoms with E-state index in [-0.39, 0.29) is 17.2 Å². The molecule has 1 N–H and O–H groups in total. The zero-order valence-electron chi connectivity index (χ0n) is 20.3. The van der Waals surface area contributed by atoms with E-state index < -0.39 is 0 Å². The van der Waals surface area contributed by atoms with Crippen LogP contribution in [0.3, 0.4) is 0 Å². The summed E-state index contributed by atoms with van der Waals surface area (Å²) in [6, 6.07) is 14.4. The predicted octanol–water partition coefficient (Wildman–Crippen LogP) is 5.50. The zero-order valence-corrected chi connectivity index (χ0v) is 20.3. The average molecular weight is 447 g/mol. The van der Waals surface area contributed by atoms with Crippen molar-refractivity contribution in [1.29, 1.82) is 0 Å². The quantitative estimate of drug-likeness (QED) is 0.560. The minimum absolute atomic E-state index is 0.0285. The number of likely N-dealkylation sites (tertiary alicyclic amines) is 1. The number of hydrogen-bond donors (Lipinski definition) is 1. The number of nitrogens with zero attached hydrogens (tertiary/aromatic N) is 3. The number of aromatic nitrogens is 2. The number of nitrogens with one attached hydrogen (secondary N) is 1. The highest BCUT2D eigenvalue weighted by Crippen LogP contribution is 2.26. The summed E-state index contributed by atoms with van der Waals surface area (Å²) in [6.45, 7) is 13.0. The predicted molar refractivity (Wildman–Crippen MR) is 131 cm³/mol. The molecule has 1 aliphatic rings. The molecule has 2 aromatic carbocycles. The number of carbonyl (C=O) groups is 1. The Labute approximate surface area is 196 Å². The lowest BCUT2D eigenvalue weighted by Gasteiger charge is -2.30. The van der Waals surface area contributed by atoms with Crippen LogP contribution in [0.5, 0.6) is 0 Å². The number of benzene rings is 2. The normalized spacial score (nSPS) is 15.5. The van der Waals surface area contributed by atoms with Crippen LogP contribution >= 0.6 is 0 Å². The maximum atomic E-state index is 12.8. The molecule has 6 nitrogen and oxygen atoms in total. The Morgan fingerprint density at radius 1 is 1.09 bits per heavy atom. The summed E-state index contributed by atoms with van der Waals surface area (Å²) in [7, 11) is 0. The molecular formula is C27H34N4O2. The lowest BCUT2D eigenvalue weighted by Crippen LogP contribution is -2.37. The molecule has 0 radical (unpaired) electrons. The first-order valence-corrected chi connectivity index (χ1v) is 11.7. The van der Waals surface area contributed by atoms with Crippen molar-refractivity contribution in [2.75, 3.05) is 18.4 Å². The van der Waals surface area contributed by atoms with Gasteiger partial charge < -0.3 is 9.84 Å². The molecule has 4 rings (SSSR count). The van der Waals surface area contributed by atoms with Gasteiger partial charge in [0.1, 0.15) is 0 Å². The summed E-state index contributed by atoms with van der Waals surface area (Å²) in [4.78, 5) is 19.6. The van der Waals surface area contributed by atoms with Crippen LogP contribution in [0.1, 0.15) is 56.2 Å². The molecule has 3 aromatic rings. The van der Waals surface area contributed by atoms with E-state index in [2.05, 4.69) is 78.4 Å². The molecule has 0 unspecified atom stereocenters. The fourth-order valence-electron chi connectivity index (χ4n) is 4.22. The first kappa shape index (κ1) is 23.2. The van der Waals surface area contributed by atoms with Gasteiger partial charge in [-0.3, -0.25) is 9.69 Å². The van der Waals surface area contributed by atoms with Crippen LogP contribution < -0.4 is 5.32 Å². The largest absolute Gasteiger partial charge is 0.338 e. The van der Waals surface area contributed by atoms with Crippen molar-refractivity contribution in [2.24, 2.45) is 5.92 Å². The summed E-state index contributed by atoms with van der Waals surface area (Å²) in [6.07, 6.45) is 1.65. The summed E-state index contributed by atoms with van der Waals surface area (Å²) < 4.78 is 5.51. The fraction of sp³-hybridized carbons (Fsp3) is 0.444. The topological polar surface area (TPSA) is 71.3 Å². The highest BCUT2D eigenvalue weighted by atomic mass is 16.5. The molecule has 33 heavy (non-hydrogen) atoms. The number of carbonyl (C=O) groups excluding carboxylic acids is 1. The summed E-state index contributed by atoms with van der Waals surface area (Å²) in [5.74, 6) is 1.37. The molecule has 0 atom stereocenters. The van der Waals surface area contributed by atoms with E-state index in [0.29, 0.717) is 18.3 Å². The second-order valence-electron chi connectivity index (χ2n) is 10.1. The molecule has 2 heterocycles. The van der Waals surface area contributed by atoms with Gasteiger partial charge in [-0.25, -0.2) is 0 Å². The molecule has 174 valence electrons. The van der Waals surface area contributed by atoms with E-state index in [1.165, 1.54) is 11.1 Å². The van der Waals surface area contributed by atoms with Crippen molar-refractivity contribution in [2.45, 2.75) is 59.4 Å². The minimum atomic E-state index is 0.0285. The highest BCUT2D eigenvalue weighted by Gasteiger charge is 2.26. The van der Waals surface area contributed by atoms with Crippen molar-refractivity contribution in [3.05, 3.63) is 65.0 Å². The number of aryl methyl sites for hydroxylation is 1. The third-order valence-electron chi connectivity index (χ3n) is 6.66. The van der Waals surface area contributed by atoms with Gasteiger partial charge in [-0.15, -0.1) is 0 Å². The van der Waals surface area contributed by atoms with Crippen molar-refractivity contribution >= 4 is 11.6 Å². The maximum absolute atomic E-state index is 12.8. The molecular weight excluding hydrogens is 412 g/mol. The van der Waals surface area contributed by atoms with Crippen molar-refractivity contribution in [3.8, 4) is 11.4 Å². The van der Waals surface area contributed by atoms with Crippen molar-refractivity contribution < 1.29 is 9.32 Å². The van der Waals surface area contributed by atoms with Gasteiger partial charge in [-0.05, 0) is 68.0 Å². The van der Waals surface area contributed by atoms with Crippen LogP contribution in [0.25, 0.3) is 11.4 Å². The first-order chi connectivity index (χ1) is 15.7. The smallest absolute Gasteiger partial charge is 0.241 e. The van der Waals surface area contributed by atoms with Crippen LogP contribution in [-0.2, 0) is 16.8 Å². The molecule has 0 spiro atoms. The molecule has 1 aliphatic heterocycles. The van der Waals surface area contributed by atoms with Gasteiger partial charge in [0.25, 0.3) is 0 Å². The monoisotopic (exact) mass is 446 g/mol. The van der Waals surface area contributed by atoms with Gasteiger partial charge in [-0.2, -0.15) is 4.98 Å². The van der Waals surface area contributed by atoms with Gasteiger partial charge in [0, 0.05) is 17.2 Å². The average Bonchev–Trinajstić information content (AvgIpc) is 3.25. The third-order valence-corrected chi connectivity index (χ3v) is 6.66. The summed E-state index contributed by atoms with van der Waals surface area (Å²) >= 11 is 0.